The van der Waals surface area contributed by atoms with Crippen molar-refractivity contribution in [2.24, 2.45) is 11.8 Å². The Morgan fingerprint density at radius 3 is 2.43 bits per heavy atom. The number of hydrogen-bond acceptors (Lipinski definition) is 5. The molecule has 4 bridgehead atoms. The number of imidazole rings is 1. The van der Waals surface area contributed by atoms with Crippen molar-refractivity contribution < 1.29 is 9.90 Å². The normalized spacial score (nSPS) is 31.9. The summed E-state index contributed by atoms with van der Waals surface area (Å²) in [5.74, 6) is 2.03. The van der Waals surface area contributed by atoms with Crippen LogP contribution >= 0.6 is 0 Å². The molecule has 2 heterocycles. The fourth-order valence-corrected chi connectivity index (χ4v) is 6.83. The molecule has 4 saturated carbocycles. The maximum Gasteiger partial charge on any atom is 0.335 e. The predicted molar refractivity (Wildman–Crippen MR) is 108 cm³/mol. The highest BCUT2D eigenvalue weighted by Gasteiger charge is 2.60. The van der Waals surface area contributed by atoms with Crippen molar-refractivity contribution in [2.45, 2.75) is 56.5 Å². The Kier molecular flexibility index (Phi) is 3.56. The summed E-state index contributed by atoms with van der Waals surface area (Å²) < 4.78 is 2.36. The molecule has 0 saturated heterocycles. The molecule has 0 aliphatic heterocycles. The number of benzene rings is 1. The molecule has 30 heavy (non-hydrogen) atoms. The zero-order chi connectivity index (χ0) is 20.5. The average molecular weight is 404 g/mol. The van der Waals surface area contributed by atoms with Gasteiger partial charge in [0.2, 0.25) is 0 Å². The van der Waals surface area contributed by atoms with E-state index in [2.05, 4.69) is 31.2 Å². The number of carboxylic acid groups (broad SMARTS) is 1. The molecular weight excluding hydrogens is 380 g/mol. The lowest BCUT2D eigenvalue weighted by molar-refractivity contribution is -0.103. The van der Waals surface area contributed by atoms with Crippen LogP contribution in [0.2, 0.25) is 0 Å². The van der Waals surface area contributed by atoms with Gasteiger partial charge in [-0.05, 0) is 74.6 Å². The van der Waals surface area contributed by atoms with Gasteiger partial charge < -0.3 is 9.67 Å². The summed E-state index contributed by atoms with van der Waals surface area (Å²) in [6, 6.07) is 7.03. The standard InChI is InChI=1S/C22H24N6O2/c1-14-24-26-28(25-14)22-11-15-8-16(12-22)10-21(9-15,13-22)27-7-6-23-19(27)17-2-4-18(5-3-17)20(29)30/h2-7,15-16H,8-13H2,1H3,(H,29,30). The van der Waals surface area contributed by atoms with Crippen LogP contribution in [0.15, 0.2) is 36.7 Å². The van der Waals surface area contributed by atoms with Gasteiger partial charge in [-0.15, -0.1) is 10.2 Å². The third-order valence-corrected chi connectivity index (χ3v) is 7.48. The van der Waals surface area contributed by atoms with Gasteiger partial charge >= 0.3 is 5.97 Å². The first-order chi connectivity index (χ1) is 14.5. The van der Waals surface area contributed by atoms with E-state index >= 15 is 0 Å². The van der Waals surface area contributed by atoms with E-state index in [1.807, 2.05) is 30.0 Å². The summed E-state index contributed by atoms with van der Waals surface area (Å²) in [4.78, 5) is 17.8. The topological polar surface area (TPSA) is 98.7 Å². The minimum atomic E-state index is -0.913. The van der Waals surface area contributed by atoms with Gasteiger partial charge in [-0.3, -0.25) is 0 Å². The molecule has 0 spiro atoms. The lowest BCUT2D eigenvalue weighted by atomic mass is 9.50. The first-order valence-electron chi connectivity index (χ1n) is 10.6. The number of carboxylic acids is 1. The lowest BCUT2D eigenvalue weighted by Crippen LogP contribution is -2.60. The van der Waals surface area contributed by atoms with E-state index in [9.17, 15) is 9.90 Å². The quantitative estimate of drug-likeness (QED) is 0.717. The van der Waals surface area contributed by atoms with Gasteiger partial charge in [0.05, 0.1) is 11.1 Å². The Morgan fingerprint density at radius 2 is 1.80 bits per heavy atom. The molecule has 2 aromatic heterocycles. The van der Waals surface area contributed by atoms with Crippen LogP contribution in [0.3, 0.4) is 0 Å². The van der Waals surface area contributed by atoms with E-state index < -0.39 is 5.97 Å². The molecule has 1 N–H and O–H groups in total. The van der Waals surface area contributed by atoms with Gasteiger partial charge in [-0.1, -0.05) is 12.1 Å². The Bertz CT molecular complexity index is 1120. The summed E-state index contributed by atoms with van der Waals surface area (Å²) in [7, 11) is 0. The molecule has 154 valence electrons. The first kappa shape index (κ1) is 17.8. The Labute approximate surface area is 173 Å². The molecule has 2 unspecified atom stereocenters. The van der Waals surface area contributed by atoms with E-state index in [1.165, 1.54) is 6.42 Å². The maximum absolute atomic E-state index is 11.2. The molecule has 4 aliphatic rings. The van der Waals surface area contributed by atoms with Gasteiger partial charge in [0.15, 0.2) is 5.82 Å². The summed E-state index contributed by atoms with van der Waals surface area (Å²) in [5, 5.41) is 22.4. The molecule has 7 rings (SSSR count). The number of aryl methyl sites for hydroxylation is 1. The van der Waals surface area contributed by atoms with Crippen molar-refractivity contribution in [3.8, 4) is 11.4 Å². The molecule has 8 nitrogen and oxygen atoms in total. The van der Waals surface area contributed by atoms with Crippen LogP contribution in [0, 0.1) is 18.8 Å². The van der Waals surface area contributed by atoms with Crippen molar-refractivity contribution in [3.63, 3.8) is 0 Å². The van der Waals surface area contributed by atoms with E-state index in [0.29, 0.717) is 17.4 Å². The predicted octanol–water partition coefficient (Wildman–Crippen LogP) is 3.25. The minimum Gasteiger partial charge on any atom is -0.478 e. The molecule has 3 aromatic rings. The van der Waals surface area contributed by atoms with Crippen LogP contribution < -0.4 is 0 Å². The second-order valence-corrected chi connectivity index (χ2v) is 9.54. The highest BCUT2D eigenvalue weighted by Crippen LogP contribution is 2.63. The molecule has 2 atom stereocenters. The zero-order valence-corrected chi connectivity index (χ0v) is 16.9. The van der Waals surface area contributed by atoms with Crippen LogP contribution in [-0.4, -0.2) is 40.8 Å². The Balaban J connectivity index is 1.43. The van der Waals surface area contributed by atoms with E-state index in [1.54, 1.807) is 12.1 Å². The second kappa shape index (κ2) is 6.00. The molecule has 0 radical (unpaired) electrons. The monoisotopic (exact) mass is 404 g/mol. The van der Waals surface area contributed by atoms with E-state index in [0.717, 1.165) is 49.3 Å². The third-order valence-electron chi connectivity index (χ3n) is 7.48. The summed E-state index contributed by atoms with van der Waals surface area (Å²) >= 11 is 0. The van der Waals surface area contributed by atoms with Crippen LogP contribution in [0.1, 0.15) is 54.7 Å². The van der Waals surface area contributed by atoms with Crippen LogP contribution in [-0.2, 0) is 11.1 Å². The van der Waals surface area contributed by atoms with Crippen molar-refractivity contribution in [3.05, 3.63) is 48.0 Å². The summed E-state index contributed by atoms with van der Waals surface area (Å²) in [6.07, 6.45) is 10.8. The number of aromatic carboxylic acids is 1. The maximum atomic E-state index is 11.2. The van der Waals surface area contributed by atoms with Crippen molar-refractivity contribution in [1.29, 1.82) is 0 Å². The second-order valence-electron chi connectivity index (χ2n) is 9.54. The number of carbonyl (C=O) groups is 1. The van der Waals surface area contributed by atoms with Crippen molar-refractivity contribution in [1.82, 2.24) is 29.8 Å². The number of nitrogens with zero attached hydrogens (tertiary/aromatic N) is 6. The van der Waals surface area contributed by atoms with Crippen molar-refractivity contribution in [2.75, 3.05) is 0 Å². The number of tetrazole rings is 1. The largest absolute Gasteiger partial charge is 0.478 e. The highest BCUT2D eigenvalue weighted by atomic mass is 16.4. The van der Waals surface area contributed by atoms with Crippen molar-refractivity contribution >= 4 is 5.97 Å². The molecule has 1 aromatic carbocycles. The Morgan fingerprint density at radius 1 is 1.10 bits per heavy atom. The van der Waals surface area contributed by atoms with Crippen LogP contribution in [0.25, 0.3) is 11.4 Å². The average Bonchev–Trinajstić information content (AvgIpc) is 3.37. The molecule has 4 fully saturated rings. The summed E-state index contributed by atoms with van der Waals surface area (Å²) in [6.45, 7) is 1.90. The van der Waals surface area contributed by atoms with Gasteiger partial charge in [-0.25, -0.2) is 9.78 Å². The van der Waals surface area contributed by atoms with Gasteiger partial charge in [0.1, 0.15) is 5.82 Å². The minimum absolute atomic E-state index is 0.0110. The Hall–Kier alpha value is -3.03. The summed E-state index contributed by atoms with van der Waals surface area (Å²) in [5.41, 5.74) is 1.16. The fourth-order valence-electron chi connectivity index (χ4n) is 6.83. The zero-order valence-electron chi connectivity index (χ0n) is 16.9. The molecule has 8 heteroatoms. The number of aromatic nitrogens is 6. The van der Waals surface area contributed by atoms with Gasteiger partial charge in [0.25, 0.3) is 0 Å². The van der Waals surface area contributed by atoms with E-state index in [4.69, 9.17) is 0 Å². The lowest BCUT2D eigenvalue weighted by Gasteiger charge is -2.61. The smallest absolute Gasteiger partial charge is 0.335 e. The first-order valence-corrected chi connectivity index (χ1v) is 10.6. The van der Waals surface area contributed by atoms with E-state index in [-0.39, 0.29) is 11.1 Å². The molecular formula is C22H24N6O2. The molecule has 4 aliphatic carbocycles. The highest BCUT2D eigenvalue weighted by molar-refractivity contribution is 5.88. The van der Waals surface area contributed by atoms with Crippen LogP contribution in [0.5, 0.6) is 0 Å². The SMILES string of the molecule is Cc1nnn(C23CC4CC(C2)CC(n2ccnc2-c2ccc(C(=O)O)cc2)(C4)C3)n1. The van der Waals surface area contributed by atoms with Gasteiger partial charge in [0, 0.05) is 23.5 Å². The third kappa shape index (κ3) is 2.49. The fraction of sp³-hybridized carbons (Fsp3) is 0.500. The molecule has 0 amide bonds. The van der Waals surface area contributed by atoms with Gasteiger partial charge in [-0.2, -0.15) is 4.80 Å². The number of hydrogen-bond donors (Lipinski definition) is 1. The van der Waals surface area contributed by atoms with Crippen LogP contribution in [0.4, 0.5) is 0 Å². The number of rotatable bonds is 4.